The second kappa shape index (κ2) is 12.2. The lowest BCUT2D eigenvalue weighted by Gasteiger charge is -2.21. The maximum Gasteiger partial charge on any atom is 0.0366 e. The average molecular weight is 484 g/mol. The Hall–Kier alpha value is -4.10. The number of nitrogens with zero attached hydrogens (tertiary/aromatic N) is 1. The Kier molecular flexibility index (Phi) is 8.59. The minimum absolute atomic E-state index is 1.00. The van der Waals surface area contributed by atoms with Crippen LogP contribution in [0.2, 0.25) is 0 Å². The molecule has 1 heteroatoms. The third-order valence-corrected chi connectivity index (χ3v) is 6.82. The van der Waals surface area contributed by atoms with Crippen LogP contribution < -0.4 is 15.3 Å². The molecule has 4 aromatic rings. The van der Waals surface area contributed by atoms with Crippen molar-refractivity contribution in [3.8, 4) is 0 Å². The lowest BCUT2D eigenvalue weighted by atomic mass is 9.95. The van der Waals surface area contributed by atoms with Gasteiger partial charge in [-0.2, -0.15) is 0 Å². The van der Waals surface area contributed by atoms with Crippen molar-refractivity contribution in [1.82, 2.24) is 0 Å². The first-order valence-corrected chi connectivity index (χ1v) is 13.2. The van der Waals surface area contributed by atoms with E-state index in [1.807, 2.05) is 0 Å². The number of hydrogen-bond acceptors (Lipinski definition) is 1. The number of hydrogen-bond donors (Lipinski definition) is 0. The highest BCUT2D eigenvalue weighted by molar-refractivity contribution is 5.82. The van der Waals surface area contributed by atoms with E-state index in [-0.39, 0.29) is 0 Å². The van der Waals surface area contributed by atoms with E-state index in [1.54, 1.807) is 0 Å². The molecule has 0 aliphatic heterocycles. The summed E-state index contributed by atoms with van der Waals surface area (Å²) in [6, 6.07) is 34.9. The van der Waals surface area contributed by atoms with Gasteiger partial charge in [0.1, 0.15) is 0 Å². The van der Waals surface area contributed by atoms with E-state index in [4.69, 9.17) is 0 Å². The second-order valence-corrected chi connectivity index (χ2v) is 9.50. The highest BCUT2D eigenvalue weighted by Gasteiger charge is 2.06. The minimum atomic E-state index is 1.00. The van der Waals surface area contributed by atoms with Gasteiger partial charge in [-0.15, -0.1) is 0 Å². The van der Waals surface area contributed by atoms with Crippen molar-refractivity contribution in [2.24, 2.45) is 0 Å². The van der Waals surface area contributed by atoms with Gasteiger partial charge in [-0.05, 0) is 78.1 Å². The summed E-state index contributed by atoms with van der Waals surface area (Å²) >= 11 is 0. The Morgan fingerprint density at radius 1 is 0.649 bits per heavy atom. The molecule has 0 fully saturated rings. The van der Waals surface area contributed by atoms with Crippen LogP contribution in [0.15, 0.2) is 115 Å². The van der Waals surface area contributed by atoms with Crippen molar-refractivity contribution in [1.29, 1.82) is 0 Å². The monoisotopic (exact) mass is 483 g/mol. The molecule has 0 aliphatic rings. The first kappa shape index (κ1) is 26.0. The van der Waals surface area contributed by atoms with Crippen molar-refractivity contribution < 1.29 is 0 Å². The quantitative estimate of drug-likeness (QED) is 0.235. The van der Waals surface area contributed by atoms with E-state index in [0.29, 0.717) is 0 Å². The standard InChI is InChI=1S/C36H37N/c1-6-37(7-2)34-25-23-33(24-26-34)36(32-21-15-29(5)16-22-32)10-8-9-35(30-17-11-27(3)12-18-30)31-19-13-28(4)14-20-31/h8-26H,5-7H2,1-4H3/b10-8-. The number of benzene rings is 4. The highest BCUT2D eigenvalue weighted by Crippen LogP contribution is 2.25. The average Bonchev–Trinajstić information content (AvgIpc) is 2.92. The van der Waals surface area contributed by atoms with Crippen LogP contribution in [-0.2, 0) is 0 Å². The SMILES string of the molecule is C=c1ccc(=C(/C=C\C=C(c2ccc(C)cc2)c2ccc(C)cc2)c2ccc(N(CC)CC)cc2)cc1. The van der Waals surface area contributed by atoms with Gasteiger partial charge in [0.2, 0.25) is 0 Å². The van der Waals surface area contributed by atoms with E-state index in [0.717, 1.165) is 18.3 Å². The summed E-state index contributed by atoms with van der Waals surface area (Å²) in [5.74, 6) is 0. The predicted octanol–water partition coefficient (Wildman–Crippen LogP) is 7.45. The van der Waals surface area contributed by atoms with Crippen LogP contribution in [0.5, 0.6) is 0 Å². The molecule has 0 amide bonds. The summed E-state index contributed by atoms with van der Waals surface area (Å²) in [5, 5.41) is 2.20. The van der Waals surface area contributed by atoms with Crippen LogP contribution in [0.25, 0.3) is 17.7 Å². The molecule has 0 aromatic heterocycles. The zero-order valence-corrected chi connectivity index (χ0v) is 22.5. The number of anilines is 1. The fraction of sp³-hybridized carbons (Fsp3) is 0.167. The molecule has 0 heterocycles. The summed E-state index contributed by atoms with van der Waals surface area (Å²) in [7, 11) is 0. The van der Waals surface area contributed by atoms with E-state index >= 15 is 0 Å². The van der Waals surface area contributed by atoms with Crippen molar-refractivity contribution in [2.75, 3.05) is 18.0 Å². The van der Waals surface area contributed by atoms with Crippen LogP contribution in [0.3, 0.4) is 0 Å². The molecule has 4 aromatic carbocycles. The van der Waals surface area contributed by atoms with Gasteiger partial charge < -0.3 is 4.90 Å². The summed E-state index contributed by atoms with van der Waals surface area (Å²) in [6.45, 7) is 14.7. The van der Waals surface area contributed by atoms with E-state index in [1.165, 1.54) is 49.9 Å². The molecule has 0 atom stereocenters. The normalized spacial score (nSPS) is 10.9. The molecule has 0 N–H and O–H groups in total. The number of allylic oxidation sites excluding steroid dienone is 3. The summed E-state index contributed by atoms with van der Waals surface area (Å²) < 4.78 is 0. The molecule has 0 spiro atoms. The lowest BCUT2D eigenvalue weighted by Crippen LogP contribution is -2.21. The van der Waals surface area contributed by atoms with Crippen LogP contribution in [0.1, 0.15) is 41.7 Å². The fourth-order valence-electron chi connectivity index (χ4n) is 4.55. The zero-order valence-electron chi connectivity index (χ0n) is 22.5. The van der Waals surface area contributed by atoms with Crippen LogP contribution in [-0.4, -0.2) is 13.1 Å². The molecule has 0 saturated heterocycles. The van der Waals surface area contributed by atoms with E-state index in [9.17, 15) is 0 Å². The Morgan fingerprint density at radius 3 is 1.62 bits per heavy atom. The molecule has 0 aliphatic carbocycles. The fourth-order valence-corrected chi connectivity index (χ4v) is 4.55. The highest BCUT2D eigenvalue weighted by atomic mass is 15.1. The topological polar surface area (TPSA) is 3.24 Å². The van der Waals surface area contributed by atoms with E-state index < -0.39 is 0 Å². The second-order valence-electron chi connectivity index (χ2n) is 9.50. The van der Waals surface area contributed by atoms with Gasteiger partial charge in [-0.1, -0.05) is 121 Å². The van der Waals surface area contributed by atoms with Crippen LogP contribution >= 0.6 is 0 Å². The molecule has 186 valence electrons. The van der Waals surface area contributed by atoms with Gasteiger partial charge in [-0.3, -0.25) is 0 Å². The minimum Gasteiger partial charge on any atom is -0.372 e. The molecule has 0 bridgehead atoms. The Bertz CT molecular complexity index is 1410. The molecule has 4 rings (SSSR count). The number of aryl methyl sites for hydroxylation is 2. The summed E-state index contributed by atoms with van der Waals surface area (Å²) in [4.78, 5) is 2.37. The summed E-state index contributed by atoms with van der Waals surface area (Å²) in [6.07, 6.45) is 6.64. The zero-order chi connectivity index (χ0) is 26.2. The van der Waals surface area contributed by atoms with Crippen LogP contribution in [0.4, 0.5) is 5.69 Å². The van der Waals surface area contributed by atoms with Gasteiger partial charge in [0.25, 0.3) is 0 Å². The van der Waals surface area contributed by atoms with Gasteiger partial charge >= 0.3 is 0 Å². The van der Waals surface area contributed by atoms with Gasteiger partial charge in [0, 0.05) is 18.8 Å². The van der Waals surface area contributed by atoms with Gasteiger partial charge in [0.15, 0.2) is 0 Å². The Morgan fingerprint density at radius 2 is 1.14 bits per heavy atom. The molecule has 37 heavy (non-hydrogen) atoms. The molecule has 0 unspecified atom stereocenters. The molecule has 0 saturated carbocycles. The smallest absolute Gasteiger partial charge is 0.0366 e. The van der Waals surface area contributed by atoms with Gasteiger partial charge in [0.05, 0.1) is 0 Å². The maximum atomic E-state index is 4.07. The third kappa shape index (κ3) is 6.57. The maximum absolute atomic E-state index is 4.07. The van der Waals surface area contributed by atoms with Crippen molar-refractivity contribution in [3.05, 3.63) is 154 Å². The molecule has 1 nitrogen and oxygen atoms in total. The third-order valence-electron chi connectivity index (χ3n) is 6.82. The molecule has 0 radical (unpaired) electrons. The first-order chi connectivity index (χ1) is 18.0. The van der Waals surface area contributed by atoms with Crippen molar-refractivity contribution in [2.45, 2.75) is 27.7 Å². The first-order valence-electron chi connectivity index (χ1n) is 13.2. The Labute approximate surface area is 222 Å². The number of rotatable bonds is 8. The van der Waals surface area contributed by atoms with E-state index in [2.05, 4.69) is 154 Å². The van der Waals surface area contributed by atoms with Gasteiger partial charge in [-0.25, -0.2) is 0 Å². The Balaban J connectivity index is 1.79. The molecular weight excluding hydrogens is 446 g/mol. The molecular formula is C36H37N. The summed E-state index contributed by atoms with van der Waals surface area (Å²) in [5.41, 5.74) is 9.81. The predicted molar refractivity (Wildman–Crippen MR) is 162 cm³/mol. The van der Waals surface area contributed by atoms with Crippen molar-refractivity contribution >= 4 is 23.4 Å². The largest absolute Gasteiger partial charge is 0.372 e. The van der Waals surface area contributed by atoms with Crippen LogP contribution in [0, 0.1) is 13.8 Å². The lowest BCUT2D eigenvalue weighted by molar-refractivity contribution is 0.866. The van der Waals surface area contributed by atoms with Crippen molar-refractivity contribution in [3.63, 3.8) is 0 Å².